The molecule has 0 heterocycles. The zero-order chi connectivity index (χ0) is 11.5. The summed E-state index contributed by atoms with van der Waals surface area (Å²) in [6.07, 6.45) is 5.66. The molecule has 0 aromatic rings. The minimum absolute atomic E-state index is 0.597. The SMILES string of the molecule is CCCCCCCC(O)C#CC(=O)OC. The van der Waals surface area contributed by atoms with E-state index in [1.54, 1.807) is 0 Å². The Labute approximate surface area is 91.8 Å². The summed E-state index contributed by atoms with van der Waals surface area (Å²) in [5.74, 6) is 4.08. The molecule has 1 N–H and O–H groups in total. The lowest BCUT2D eigenvalue weighted by atomic mass is 10.1. The third-order valence-electron chi connectivity index (χ3n) is 2.11. The number of rotatable bonds is 6. The molecule has 0 aliphatic carbocycles. The Morgan fingerprint density at radius 1 is 1.33 bits per heavy atom. The average molecular weight is 212 g/mol. The Hall–Kier alpha value is -1.01. The lowest BCUT2D eigenvalue weighted by molar-refractivity contribution is -0.133. The van der Waals surface area contributed by atoms with Crippen molar-refractivity contribution < 1.29 is 14.6 Å². The number of unbranched alkanes of at least 4 members (excludes halogenated alkanes) is 4. The Morgan fingerprint density at radius 3 is 2.60 bits per heavy atom. The molecule has 0 saturated carbocycles. The molecule has 0 aromatic carbocycles. The van der Waals surface area contributed by atoms with Gasteiger partial charge in [0.05, 0.1) is 7.11 Å². The van der Waals surface area contributed by atoms with Crippen molar-refractivity contribution in [3.05, 3.63) is 0 Å². The molecular weight excluding hydrogens is 192 g/mol. The van der Waals surface area contributed by atoms with Crippen LogP contribution in [0.15, 0.2) is 0 Å². The molecule has 0 fully saturated rings. The number of ether oxygens (including phenoxy) is 1. The molecule has 0 aliphatic rings. The Morgan fingerprint density at radius 2 is 2.00 bits per heavy atom. The van der Waals surface area contributed by atoms with Crippen molar-refractivity contribution in [1.29, 1.82) is 0 Å². The zero-order valence-electron chi connectivity index (χ0n) is 9.58. The zero-order valence-corrected chi connectivity index (χ0v) is 9.58. The first-order valence-corrected chi connectivity index (χ1v) is 5.48. The molecule has 86 valence electrons. The van der Waals surface area contributed by atoms with E-state index in [-0.39, 0.29) is 0 Å². The van der Waals surface area contributed by atoms with Crippen LogP contribution in [0.3, 0.4) is 0 Å². The van der Waals surface area contributed by atoms with Gasteiger partial charge in [-0.15, -0.1) is 0 Å². The van der Waals surface area contributed by atoms with Gasteiger partial charge in [-0.25, -0.2) is 4.79 Å². The largest absolute Gasteiger partial charge is 0.459 e. The third-order valence-corrected chi connectivity index (χ3v) is 2.11. The molecule has 0 aliphatic heterocycles. The van der Waals surface area contributed by atoms with E-state index in [1.165, 1.54) is 26.4 Å². The van der Waals surface area contributed by atoms with E-state index < -0.39 is 12.1 Å². The van der Waals surface area contributed by atoms with Crippen molar-refractivity contribution in [3.8, 4) is 11.8 Å². The van der Waals surface area contributed by atoms with E-state index >= 15 is 0 Å². The average Bonchev–Trinajstić information content (AvgIpc) is 2.25. The fourth-order valence-corrected chi connectivity index (χ4v) is 1.21. The third kappa shape index (κ3) is 9.30. The van der Waals surface area contributed by atoms with Gasteiger partial charge in [0, 0.05) is 5.92 Å². The lowest BCUT2D eigenvalue weighted by Crippen LogP contribution is -2.04. The van der Waals surface area contributed by atoms with Crippen LogP contribution in [0, 0.1) is 11.8 Å². The second kappa shape index (κ2) is 9.54. The predicted molar refractivity (Wildman–Crippen MR) is 59.2 cm³/mol. The maximum atomic E-state index is 10.6. The minimum atomic E-state index is -0.703. The second-order valence-corrected chi connectivity index (χ2v) is 3.48. The van der Waals surface area contributed by atoms with Gasteiger partial charge in [0.2, 0.25) is 0 Å². The second-order valence-electron chi connectivity index (χ2n) is 3.48. The molecule has 3 nitrogen and oxygen atoms in total. The topological polar surface area (TPSA) is 46.5 Å². The molecule has 0 saturated heterocycles. The molecule has 0 rings (SSSR count). The van der Waals surface area contributed by atoms with E-state index in [2.05, 4.69) is 23.5 Å². The molecule has 1 atom stereocenters. The summed E-state index contributed by atoms with van der Waals surface area (Å²) in [6, 6.07) is 0. The minimum Gasteiger partial charge on any atom is -0.459 e. The number of hydrogen-bond acceptors (Lipinski definition) is 3. The van der Waals surface area contributed by atoms with Gasteiger partial charge < -0.3 is 9.84 Å². The first kappa shape index (κ1) is 14.0. The molecule has 0 spiro atoms. The molecule has 3 heteroatoms. The van der Waals surface area contributed by atoms with Crippen molar-refractivity contribution in [2.45, 2.75) is 51.6 Å². The van der Waals surface area contributed by atoms with Gasteiger partial charge in [-0.1, -0.05) is 38.5 Å². The molecule has 15 heavy (non-hydrogen) atoms. The quantitative estimate of drug-likeness (QED) is 0.316. The molecule has 0 amide bonds. The summed E-state index contributed by atoms with van der Waals surface area (Å²) in [7, 11) is 1.27. The maximum absolute atomic E-state index is 10.6. The van der Waals surface area contributed by atoms with E-state index in [0.717, 1.165) is 12.8 Å². The summed E-state index contributed by atoms with van der Waals surface area (Å²) < 4.78 is 4.33. The summed E-state index contributed by atoms with van der Waals surface area (Å²) in [4.78, 5) is 10.6. The predicted octanol–water partition coefficient (Wildman–Crippen LogP) is 1.88. The number of aliphatic hydroxyl groups is 1. The Kier molecular flexibility index (Phi) is 8.90. The van der Waals surface area contributed by atoms with Crippen molar-refractivity contribution in [1.82, 2.24) is 0 Å². The number of carbonyl (C=O) groups excluding carboxylic acids is 1. The van der Waals surface area contributed by atoms with Crippen LogP contribution in [0.1, 0.15) is 45.4 Å². The van der Waals surface area contributed by atoms with Gasteiger partial charge in [0.1, 0.15) is 6.10 Å². The van der Waals surface area contributed by atoms with Crippen molar-refractivity contribution in [2.24, 2.45) is 0 Å². The number of aliphatic hydroxyl groups excluding tert-OH is 1. The van der Waals surface area contributed by atoms with E-state index in [1.807, 2.05) is 0 Å². The summed E-state index contributed by atoms with van der Waals surface area (Å²) in [5, 5.41) is 9.37. The van der Waals surface area contributed by atoms with Crippen LogP contribution < -0.4 is 0 Å². The highest BCUT2D eigenvalue weighted by Crippen LogP contribution is 2.06. The summed E-state index contributed by atoms with van der Waals surface area (Å²) in [6.45, 7) is 2.16. The first-order chi connectivity index (χ1) is 7.20. The summed E-state index contributed by atoms with van der Waals surface area (Å²) >= 11 is 0. The van der Waals surface area contributed by atoms with Gasteiger partial charge in [-0.3, -0.25) is 0 Å². The highest BCUT2D eigenvalue weighted by molar-refractivity contribution is 5.88. The van der Waals surface area contributed by atoms with Crippen molar-refractivity contribution in [3.63, 3.8) is 0 Å². The van der Waals surface area contributed by atoms with Crippen LogP contribution in [0.25, 0.3) is 0 Å². The van der Waals surface area contributed by atoms with Crippen LogP contribution >= 0.6 is 0 Å². The van der Waals surface area contributed by atoms with Crippen molar-refractivity contribution >= 4 is 5.97 Å². The van der Waals surface area contributed by atoms with Crippen LogP contribution in [0.4, 0.5) is 0 Å². The Bertz CT molecular complexity index is 225. The van der Waals surface area contributed by atoms with E-state index in [9.17, 15) is 9.90 Å². The van der Waals surface area contributed by atoms with E-state index in [4.69, 9.17) is 0 Å². The monoisotopic (exact) mass is 212 g/mol. The Balaban J connectivity index is 3.51. The highest BCUT2D eigenvalue weighted by Gasteiger charge is 1.99. The summed E-state index contributed by atoms with van der Waals surface area (Å²) in [5.41, 5.74) is 0. The molecular formula is C12H20O3. The normalized spacial score (nSPS) is 11.4. The smallest absolute Gasteiger partial charge is 0.384 e. The van der Waals surface area contributed by atoms with Crippen LogP contribution in [0.5, 0.6) is 0 Å². The maximum Gasteiger partial charge on any atom is 0.384 e. The molecule has 0 aromatic heterocycles. The standard InChI is InChI=1S/C12H20O3/c1-3-4-5-6-7-8-11(13)9-10-12(14)15-2/h11,13H,3-8H2,1-2H3. The van der Waals surface area contributed by atoms with Gasteiger partial charge in [-0.05, 0) is 12.8 Å². The van der Waals surface area contributed by atoms with Gasteiger partial charge in [0.25, 0.3) is 0 Å². The van der Waals surface area contributed by atoms with Crippen LogP contribution in [-0.4, -0.2) is 24.3 Å². The first-order valence-electron chi connectivity index (χ1n) is 5.48. The molecule has 0 bridgehead atoms. The van der Waals surface area contributed by atoms with Gasteiger partial charge in [-0.2, -0.15) is 0 Å². The highest BCUT2D eigenvalue weighted by atomic mass is 16.5. The fourth-order valence-electron chi connectivity index (χ4n) is 1.21. The van der Waals surface area contributed by atoms with E-state index in [0.29, 0.717) is 6.42 Å². The van der Waals surface area contributed by atoms with Gasteiger partial charge in [0.15, 0.2) is 0 Å². The number of hydrogen-bond donors (Lipinski definition) is 1. The van der Waals surface area contributed by atoms with Crippen molar-refractivity contribution in [2.75, 3.05) is 7.11 Å². The molecule has 1 unspecified atom stereocenters. The fraction of sp³-hybridized carbons (Fsp3) is 0.750. The lowest BCUT2D eigenvalue weighted by Gasteiger charge is -2.02. The number of methoxy groups -OCH3 is 1. The number of carbonyl (C=O) groups is 1. The van der Waals surface area contributed by atoms with Crippen LogP contribution in [-0.2, 0) is 9.53 Å². The van der Waals surface area contributed by atoms with Crippen LogP contribution in [0.2, 0.25) is 0 Å². The molecule has 0 radical (unpaired) electrons. The number of esters is 1. The van der Waals surface area contributed by atoms with Gasteiger partial charge >= 0.3 is 5.97 Å².